The highest BCUT2D eigenvalue weighted by Gasteiger charge is 2.23. The SMILES string of the molecule is CC(=O)Nc1ccccc1S(=O)(=O)NCC(C)c1nc2ccccc2c(=O)n1-c1ccc(C)cc1C. The second kappa shape index (κ2) is 10.0. The third-order valence-corrected chi connectivity index (χ3v) is 7.38. The highest BCUT2D eigenvalue weighted by atomic mass is 32.2. The van der Waals surface area contributed by atoms with Gasteiger partial charge >= 0.3 is 0 Å². The first kappa shape index (κ1) is 25.3. The molecule has 4 aromatic rings. The summed E-state index contributed by atoms with van der Waals surface area (Å²) in [5.41, 5.74) is 3.20. The molecule has 1 amide bonds. The Morgan fingerprint density at radius 3 is 2.44 bits per heavy atom. The molecule has 3 aromatic carbocycles. The first-order valence-corrected chi connectivity index (χ1v) is 13.0. The van der Waals surface area contributed by atoms with Crippen molar-refractivity contribution in [2.45, 2.75) is 38.5 Å². The number of nitrogens with zero attached hydrogens (tertiary/aromatic N) is 2. The van der Waals surface area contributed by atoms with Gasteiger partial charge in [0.1, 0.15) is 10.7 Å². The number of hydrogen-bond donors (Lipinski definition) is 2. The minimum Gasteiger partial charge on any atom is -0.325 e. The first-order chi connectivity index (χ1) is 17.1. The van der Waals surface area contributed by atoms with Crippen LogP contribution in [0.1, 0.15) is 36.7 Å². The standard InChI is InChI=1S/C27H28N4O4S/c1-17-13-14-24(18(2)15-17)31-26(30-22-10-6-5-9-21(22)27(31)33)19(3)16-28-36(34,35)25-12-8-7-11-23(25)29-20(4)32/h5-15,19,28H,16H2,1-4H3,(H,29,32). The van der Waals surface area contributed by atoms with Crippen LogP contribution in [0.2, 0.25) is 0 Å². The fraction of sp³-hybridized carbons (Fsp3) is 0.222. The van der Waals surface area contributed by atoms with Gasteiger partial charge in [-0.05, 0) is 49.7 Å². The quantitative estimate of drug-likeness (QED) is 0.395. The number of benzene rings is 3. The molecule has 9 heteroatoms. The lowest BCUT2D eigenvalue weighted by atomic mass is 10.1. The van der Waals surface area contributed by atoms with Crippen LogP contribution in [0.25, 0.3) is 16.6 Å². The van der Waals surface area contributed by atoms with Gasteiger partial charge in [0.2, 0.25) is 15.9 Å². The third-order valence-electron chi connectivity index (χ3n) is 5.90. The fourth-order valence-electron chi connectivity index (χ4n) is 4.17. The van der Waals surface area contributed by atoms with Crippen LogP contribution in [-0.4, -0.2) is 30.4 Å². The van der Waals surface area contributed by atoms with Crippen LogP contribution >= 0.6 is 0 Å². The summed E-state index contributed by atoms with van der Waals surface area (Å²) in [5.74, 6) is -0.377. The smallest absolute Gasteiger partial charge is 0.265 e. The van der Waals surface area contributed by atoms with Gasteiger partial charge in [0, 0.05) is 19.4 Å². The summed E-state index contributed by atoms with van der Waals surface area (Å²) < 4.78 is 30.5. The number of carbonyl (C=O) groups excluding carboxylic acids is 1. The maximum Gasteiger partial charge on any atom is 0.265 e. The fourth-order valence-corrected chi connectivity index (χ4v) is 5.46. The molecular weight excluding hydrogens is 476 g/mol. The second-order valence-corrected chi connectivity index (χ2v) is 10.6. The maximum absolute atomic E-state index is 13.6. The van der Waals surface area contributed by atoms with E-state index >= 15 is 0 Å². The van der Waals surface area contributed by atoms with Crippen LogP contribution < -0.4 is 15.6 Å². The molecule has 0 saturated carbocycles. The number of rotatable bonds is 7. The Hall–Kier alpha value is -3.82. The number of hydrogen-bond acceptors (Lipinski definition) is 5. The summed E-state index contributed by atoms with van der Waals surface area (Å²) in [6, 6.07) is 19.1. The van der Waals surface area contributed by atoms with E-state index in [4.69, 9.17) is 4.98 Å². The Kier molecular flexibility index (Phi) is 7.05. The topological polar surface area (TPSA) is 110 Å². The highest BCUT2D eigenvalue weighted by Crippen LogP contribution is 2.24. The molecule has 4 rings (SSSR count). The number of fused-ring (bicyclic) bond motifs is 1. The maximum atomic E-state index is 13.6. The van der Waals surface area contributed by atoms with Crippen molar-refractivity contribution in [3.63, 3.8) is 0 Å². The van der Waals surface area contributed by atoms with Gasteiger partial charge in [0.25, 0.3) is 5.56 Å². The van der Waals surface area contributed by atoms with E-state index in [0.717, 1.165) is 11.1 Å². The van der Waals surface area contributed by atoms with Crippen molar-refractivity contribution < 1.29 is 13.2 Å². The average molecular weight is 505 g/mol. The van der Waals surface area contributed by atoms with Gasteiger partial charge in [-0.25, -0.2) is 18.1 Å². The molecule has 0 aliphatic rings. The van der Waals surface area contributed by atoms with Crippen LogP contribution in [-0.2, 0) is 14.8 Å². The molecule has 1 aromatic heterocycles. The zero-order valence-electron chi connectivity index (χ0n) is 20.6. The van der Waals surface area contributed by atoms with Crippen LogP contribution in [0.3, 0.4) is 0 Å². The van der Waals surface area contributed by atoms with Crippen molar-refractivity contribution in [1.82, 2.24) is 14.3 Å². The predicted octanol–water partition coefficient (Wildman–Crippen LogP) is 4.04. The van der Waals surface area contributed by atoms with E-state index in [1.807, 2.05) is 45.0 Å². The number of para-hydroxylation sites is 2. The Labute approximate surface area is 210 Å². The highest BCUT2D eigenvalue weighted by molar-refractivity contribution is 7.89. The number of carbonyl (C=O) groups is 1. The summed E-state index contributed by atoms with van der Waals surface area (Å²) >= 11 is 0. The van der Waals surface area contributed by atoms with Crippen molar-refractivity contribution in [1.29, 1.82) is 0 Å². The summed E-state index contributed by atoms with van der Waals surface area (Å²) in [6.45, 7) is 7.04. The number of aromatic nitrogens is 2. The molecule has 1 atom stereocenters. The van der Waals surface area contributed by atoms with Crippen molar-refractivity contribution in [2.24, 2.45) is 0 Å². The lowest BCUT2D eigenvalue weighted by molar-refractivity contribution is -0.114. The van der Waals surface area contributed by atoms with E-state index in [1.165, 1.54) is 19.1 Å². The Bertz CT molecular complexity index is 1630. The Morgan fingerprint density at radius 1 is 1.03 bits per heavy atom. The third kappa shape index (κ3) is 5.07. The lowest BCUT2D eigenvalue weighted by Gasteiger charge is -2.21. The monoisotopic (exact) mass is 504 g/mol. The molecule has 36 heavy (non-hydrogen) atoms. The van der Waals surface area contributed by atoms with Crippen LogP contribution in [0.15, 0.2) is 76.4 Å². The van der Waals surface area contributed by atoms with Crippen molar-refractivity contribution in [3.05, 3.63) is 94.0 Å². The van der Waals surface area contributed by atoms with Crippen molar-refractivity contribution >= 4 is 32.5 Å². The first-order valence-electron chi connectivity index (χ1n) is 11.5. The molecule has 0 spiro atoms. The van der Waals surface area contributed by atoms with Crippen molar-refractivity contribution in [2.75, 3.05) is 11.9 Å². The molecule has 0 saturated heterocycles. The van der Waals surface area contributed by atoms with E-state index in [1.54, 1.807) is 34.9 Å². The van der Waals surface area contributed by atoms with E-state index in [0.29, 0.717) is 22.4 Å². The molecule has 0 aliphatic heterocycles. The van der Waals surface area contributed by atoms with Crippen molar-refractivity contribution in [3.8, 4) is 5.69 Å². The van der Waals surface area contributed by atoms with Gasteiger partial charge in [-0.1, -0.05) is 48.9 Å². The molecule has 1 unspecified atom stereocenters. The number of nitrogens with one attached hydrogen (secondary N) is 2. The number of aryl methyl sites for hydroxylation is 2. The molecule has 0 bridgehead atoms. The Morgan fingerprint density at radius 2 is 1.72 bits per heavy atom. The number of anilines is 1. The second-order valence-electron chi connectivity index (χ2n) is 8.85. The molecule has 186 valence electrons. The summed E-state index contributed by atoms with van der Waals surface area (Å²) in [6.07, 6.45) is 0. The minimum atomic E-state index is -3.96. The summed E-state index contributed by atoms with van der Waals surface area (Å²) in [7, 11) is -3.96. The van der Waals surface area contributed by atoms with Gasteiger partial charge < -0.3 is 5.32 Å². The molecule has 0 aliphatic carbocycles. The molecular formula is C27H28N4O4S. The largest absolute Gasteiger partial charge is 0.325 e. The van der Waals surface area contributed by atoms with E-state index in [-0.39, 0.29) is 28.6 Å². The van der Waals surface area contributed by atoms with Gasteiger partial charge in [-0.3, -0.25) is 14.2 Å². The molecule has 2 N–H and O–H groups in total. The van der Waals surface area contributed by atoms with Gasteiger partial charge in [0.15, 0.2) is 0 Å². The van der Waals surface area contributed by atoms with E-state index in [2.05, 4.69) is 10.0 Å². The minimum absolute atomic E-state index is 0.00751. The molecule has 8 nitrogen and oxygen atoms in total. The van der Waals surface area contributed by atoms with E-state index in [9.17, 15) is 18.0 Å². The van der Waals surface area contributed by atoms with Gasteiger partial charge in [-0.15, -0.1) is 0 Å². The van der Waals surface area contributed by atoms with Crippen LogP contribution in [0, 0.1) is 13.8 Å². The molecule has 1 heterocycles. The van der Waals surface area contributed by atoms with Gasteiger partial charge in [-0.2, -0.15) is 0 Å². The summed E-state index contributed by atoms with van der Waals surface area (Å²) in [5, 5.41) is 3.04. The van der Waals surface area contributed by atoms with Crippen LogP contribution in [0.5, 0.6) is 0 Å². The number of sulfonamides is 1. The summed E-state index contributed by atoms with van der Waals surface area (Å²) in [4.78, 5) is 29.9. The van der Waals surface area contributed by atoms with Crippen LogP contribution in [0.4, 0.5) is 5.69 Å². The normalized spacial score (nSPS) is 12.4. The average Bonchev–Trinajstić information content (AvgIpc) is 2.83. The predicted molar refractivity (Wildman–Crippen MR) is 141 cm³/mol. The molecule has 0 fully saturated rings. The number of amides is 1. The zero-order chi connectivity index (χ0) is 26.0. The zero-order valence-corrected chi connectivity index (χ0v) is 21.4. The lowest BCUT2D eigenvalue weighted by Crippen LogP contribution is -2.32. The van der Waals surface area contributed by atoms with Gasteiger partial charge in [0.05, 0.1) is 22.3 Å². The Balaban J connectivity index is 1.75. The van der Waals surface area contributed by atoms with E-state index < -0.39 is 15.9 Å². The molecule has 0 radical (unpaired) electrons.